The van der Waals surface area contributed by atoms with Crippen LogP contribution in [0.4, 0.5) is 11.5 Å². The van der Waals surface area contributed by atoms with Crippen LogP contribution in [0.5, 0.6) is 0 Å². The first-order valence-corrected chi connectivity index (χ1v) is 9.50. The Labute approximate surface area is 164 Å². The van der Waals surface area contributed by atoms with Gasteiger partial charge in [0.05, 0.1) is 24.4 Å². The van der Waals surface area contributed by atoms with E-state index in [1.165, 1.54) is 5.56 Å². The number of pyridine rings is 1. The molecular weight excluding hydrogens is 352 g/mol. The lowest BCUT2D eigenvalue weighted by Crippen LogP contribution is -2.46. The number of rotatable bonds is 5. The minimum atomic E-state index is -0.119. The van der Waals surface area contributed by atoms with Gasteiger partial charge in [-0.1, -0.05) is 17.7 Å². The number of nitrogens with one attached hydrogen (secondary N) is 1. The Morgan fingerprint density at radius 1 is 1.14 bits per heavy atom. The number of hydrogen-bond donors (Lipinski definition) is 1. The fraction of sp³-hybridized carbons (Fsp3) is 0.273. The van der Waals surface area contributed by atoms with Crippen LogP contribution in [-0.2, 0) is 6.54 Å². The van der Waals surface area contributed by atoms with E-state index in [1.54, 1.807) is 18.7 Å². The van der Waals surface area contributed by atoms with E-state index in [0.717, 1.165) is 44.1 Å². The molecule has 1 saturated heterocycles. The van der Waals surface area contributed by atoms with Crippen LogP contribution in [0.3, 0.4) is 0 Å². The van der Waals surface area contributed by atoms with Gasteiger partial charge < -0.3 is 14.6 Å². The summed E-state index contributed by atoms with van der Waals surface area (Å²) in [6.45, 7) is 6.72. The standard InChI is InChI=1S/C22H24N4O2/c1-17-3-2-4-19(13-17)22(27)24-20-5-6-21(23-14-20)26-10-8-25(9-11-26)15-18-7-12-28-16-18/h2-7,12-14,16H,8-11,15H2,1H3,(H,24,27). The molecule has 0 atom stereocenters. The molecule has 3 heterocycles. The molecule has 0 saturated carbocycles. The van der Waals surface area contributed by atoms with Crippen LogP contribution < -0.4 is 10.2 Å². The smallest absolute Gasteiger partial charge is 0.255 e. The lowest BCUT2D eigenvalue weighted by molar-refractivity contribution is 0.102. The molecule has 6 heteroatoms. The number of nitrogens with zero attached hydrogens (tertiary/aromatic N) is 3. The number of carbonyl (C=O) groups excluding carboxylic acids is 1. The minimum absolute atomic E-state index is 0.119. The number of piperazine rings is 1. The van der Waals surface area contributed by atoms with Gasteiger partial charge in [-0.3, -0.25) is 9.69 Å². The van der Waals surface area contributed by atoms with Crippen LogP contribution in [-0.4, -0.2) is 42.0 Å². The van der Waals surface area contributed by atoms with Crippen LogP contribution in [0, 0.1) is 6.92 Å². The number of anilines is 2. The van der Waals surface area contributed by atoms with E-state index in [1.807, 2.05) is 49.4 Å². The maximum Gasteiger partial charge on any atom is 0.255 e. The molecule has 4 rings (SSSR count). The van der Waals surface area contributed by atoms with Crippen LogP contribution >= 0.6 is 0 Å². The van der Waals surface area contributed by atoms with E-state index in [9.17, 15) is 4.79 Å². The van der Waals surface area contributed by atoms with Crippen molar-refractivity contribution in [1.82, 2.24) is 9.88 Å². The second-order valence-electron chi connectivity index (χ2n) is 7.12. The number of aryl methyl sites for hydroxylation is 1. The third-order valence-electron chi connectivity index (χ3n) is 4.97. The van der Waals surface area contributed by atoms with Crippen LogP contribution in [0.1, 0.15) is 21.5 Å². The van der Waals surface area contributed by atoms with Crippen LogP contribution in [0.15, 0.2) is 65.6 Å². The minimum Gasteiger partial charge on any atom is -0.472 e. The molecule has 28 heavy (non-hydrogen) atoms. The zero-order chi connectivity index (χ0) is 19.3. The van der Waals surface area contributed by atoms with E-state index >= 15 is 0 Å². The number of benzene rings is 1. The van der Waals surface area contributed by atoms with Crippen molar-refractivity contribution in [1.29, 1.82) is 0 Å². The largest absolute Gasteiger partial charge is 0.472 e. The maximum absolute atomic E-state index is 12.4. The highest BCUT2D eigenvalue weighted by Crippen LogP contribution is 2.18. The molecule has 0 aliphatic carbocycles. The van der Waals surface area contributed by atoms with Crippen molar-refractivity contribution in [3.63, 3.8) is 0 Å². The molecule has 1 aliphatic heterocycles. The Hall–Kier alpha value is -3.12. The Bertz CT molecular complexity index is 914. The molecule has 0 radical (unpaired) electrons. The molecule has 0 bridgehead atoms. The van der Waals surface area contributed by atoms with Crippen molar-refractivity contribution in [3.8, 4) is 0 Å². The number of aromatic nitrogens is 1. The summed E-state index contributed by atoms with van der Waals surface area (Å²) < 4.78 is 5.14. The quantitative estimate of drug-likeness (QED) is 0.738. The van der Waals surface area contributed by atoms with Gasteiger partial charge >= 0.3 is 0 Å². The lowest BCUT2D eigenvalue weighted by Gasteiger charge is -2.35. The number of carbonyl (C=O) groups is 1. The molecule has 0 unspecified atom stereocenters. The summed E-state index contributed by atoms with van der Waals surface area (Å²) in [5, 5.41) is 2.91. The Kier molecular flexibility index (Phi) is 5.39. The summed E-state index contributed by atoms with van der Waals surface area (Å²) in [6.07, 6.45) is 5.24. The molecular formula is C22H24N4O2. The van der Waals surface area contributed by atoms with E-state index in [-0.39, 0.29) is 5.91 Å². The van der Waals surface area contributed by atoms with Gasteiger partial charge in [-0.2, -0.15) is 0 Å². The fourth-order valence-electron chi connectivity index (χ4n) is 3.41. The first-order chi connectivity index (χ1) is 13.7. The Morgan fingerprint density at radius 3 is 2.68 bits per heavy atom. The number of furan rings is 1. The third-order valence-corrected chi connectivity index (χ3v) is 4.97. The summed E-state index contributed by atoms with van der Waals surface area (Å²) in [4.78, 5) is 21.6. The summed E-state index contributed by atoms with van der Waals surface area (Å²) in [7, 11) is 0. The van der Waals surface area contributed by atoms with E-state index < -0.39 is 0 Å². The van der Waals surface area contributed by atoms with Gasteiger partial charge in [0.1, 0.15) is 5.82 Å². The summed E-state index contributed by atoms with van der Waals surface area (Å²) in [5.74, 6) is 0.822. The van der Waals surface area contributed by atoms with E-state index in [4.69, 9.17) is 4.42 Å². The second kappa shape index (κ2) is 8.27. The van der Waals surface area contributed by atoms with E-state index in [0.29, 0.717) is 11.3 Å². The molecule has 1 aliphatic rings. The number of amides is 1. The first-order valence-electron chi connectivity index (χ1n) is 9.50. The van der Waals surface area contributed by atoms with Crippen LogP contribution in [0.25, 0.3) is 0 Å². The summed E-state index contributed by atoms with van der Waals surface area (Å²) in [5.41, 5.74) is 3.62. The van der Waals surface area contributed by atoms with Gasteiger partial charge in [0.15, 0.2) is 0 Å². The van der Waals surface area contributed by atoms with E-state index in [2.05, 4.69) is 20.1 Å². The molecule has 1 amide bonds. The molecule has 144 valence electrons. The first kappa shape index (κ1) is 18.3. The van der Waals surface area contributed by atoms with Gasteiger partial charge in [-0.15, -0.1) is 0 Å². The second-order valence-corrected chi connectivity index (χ2v) is 7.12. The topological polar surface area (TPSA) is 61.6 Å². The van der Waals surface area contributed by atoms with Crippen molar-refractivity contribution in [2.24, 2.45) is 0 Å². The molecule has 3 aromatic rings. The summed E-state index contributed by atoms with van der Waals surface area (Å²) in [6, 6.07) is 13.4. The van der Waals surface area contributed by atoms with Crippen molar-refractivity contribution in [2.75, 3.05) is 36.4 Å². The van der Waals surface area contributed by atoms with Gasteiger partial charge in [-0.05, 0) is 37.3 Å². The fourth-order valence-corrected chi connectivity index (χ4v) is 3.41. The Morgan fingerprint density at radius 2 is 2.00 bits per heavy atom. The molecule has 1 N–H and O–H groups in total. The highest BCUT2D eigenvalue weighted by molar-refractivity contribution is 6.04. The average Bonchev–Trinajstić information content (AvgIpc) is 3.22. The molecule has 0 spiro atoms. The molecule has 2 aromatic heterocycles. The number of hydrogen-bond acceptors (Lipinski definition) is 5. The molecule has 1 fully saturated rings. The predicted molar refractivity (Wildman–Crippen MR) is 110 cm³/mol. The maximum atomic E-state index is 12.4. The highest BCUT2D eigenvalue weighted by Gasteiger charge is 2.18. The predicted octanol–water partition coefficient (Wildman–Crippen LogP) is 3.56. The van der Waals surface area contributed by atoms with Crippen molar-refractivity contribution in [3.05, 3.63) is 77.9 Å². The molecule has 6 nitrogen and oxygen atoms in total. The van der Waals surface area contributed by atoms with Gasteiger partial charge in [0.25, 0.3) is 5.91 Å². The lowest BCUT2D eigenvalue weighted by atomic mass is 10.1. The monoisotopic (exact) mass is 376 g/mol. The molecule has 1 aromatic carbocycles. The highest BCUT2D eigenvalue weighted by atomic mass is 16.3. The SMILES string of the molecule is Cc1cccc(C(=O)Nc2ccc(N3CCN(Cc4ccoc4)CC3)nc2)c1. The average molecular weight is 376 g/mol. The zero-order valence-electron chi connectivity index (χ0n) is 16.0. The normalized spacial score (nSPS) is 14.8. The Balaban J connectivity index is 1.32. The van der Waals surface area contributed by atoms with Gasteiger partial charge in [0, 0.05) is 43.9 Å². The van der Waals surface area contributed by atoms with Crippen molar-refractivity contribution < 1.29 is 9.21 Å². The van der Waals surface area contributed by atoms with Crippen molar-refractivity contribution in [2.45, 2.75) is 13.5 Å². The van der Waals surface area contributed by atoms with Crippen molar-refractivity contribution >= 4 is 17.4 Å². The zero-order valence-corrected chi connectivity index (χ0v) is 16.0. The third kappa shape index (κ3) is 4.40. The van der Waals surface area contributed by atoms with Gasteiger partial charge in [-0.25, -0.2) is 4.98 Å². The van der Waals surface area contributed by atoms with Gasteiger partial charge in [0.2, 0.25) is 0 Å². The summed E-state index contributed by atoms with van der Waals surface area (Å²) >= 11 is 0. The van der Waals surface area contributed by atoms with Crippen LogP contribution in [0.2, 0.25) is 0 Å².